The second-order valence-electron chi connectivity index (χ2n) is 7.58. The van der Waals surface area contributed by atoms with Crippen LogP contribution in [0.1, 0.15) is 26.3 Å². The normalized spacial score (nSPS) is 12.7. The number of Topliss-reactive ketones (excluding diaryl/α,β-unsaturated/α-hetero) is 2. The summed E-state index contributed by atoms with van der Waals surface area (Å²) in [6, 6.07) is 20.7. The number of carbonyl (C=O) groups is 2. The number of aromatic nitrogens is 3. The first kappa shape index (κ1) is 21.5. The minimum atomic E-state index is -0.494. The van der Waals surface area contributed by atoms with Crippen molar-refractivity contribution in [3.8, 4) is 11.4 Å². The summed E-state index contributed by atoms with van der Waals surface area (Å²) in [5, 5.41) is 20.7. The van der Waals surface area contributed by atoms with Crippen molar-refractivity contribution in [1.29, 1.82) is 0 Å². The highest BCUT2D eigenvalue weighted by Crippen LogP contribution is 2.36. The van der Waals surface area contributed by atoms with Crippen LogP contribution in [0.2, 0.25) is 0 Å². The second-order valence-corrected chi connectivity index (χ2v) is 8.59. The Balaban J connectivity index is 1.47. The molecule has 1 aliphatic rings. The van der Waals surface area contributed by atoms with Crippen molar-refractivity contribution in [3.63, 3.8) is 0 Å². The Labute approximate surface area is 198 Å². The molecule has 0 fully saturated rings. The van der Waals surface area contributed by atoms with Crippen LogP contribution in [0.15, 0.2) is 88.4 Å². The Morgan fingerprint density at radius 3 is 2.21 bits per heavy atom. The van der Waals surface area contributed by atoms with Crippen LogP contribution in [-0.4, -0.2) is 31.3 Å². The first-order chi connectivity index (χ1) is 16.4. The van der Waals surface area contributed by atoms with Gasteiger partial charge in [0.05, 0.1) is 15.4 Å². The zero-order valence-electron chi connectivity index (χ0n) is 17.8. The number of fused-ring (bicyclic) bond motifs is 1. The summed E-state index contributed by atoms with van der Waals surface area (Å²) >= 11 is 1.12. The standard InChI is InChI=1S/C25H16N4O4S/c1-28-24(16-7-3-2-4-8-16)26-27-25(28)34-21-12-11-15(14-20(21)29(32)33)13-19-22(30)17-9-5-6-10-18(17)23(19)31/h2-14H,1H3. The highest BCUT2D eigenvalue weighted by molar-refractivity contribution is 7.99. The maximum Gasteiger partial charge on any atom is 0.283 e. The maximum atomic E-state index is 12.7. The Bertz CT molecular complexity index is 1470. The lowest BCUT2D eigenvalue weighted by Gasteiger charge is -2.06. The van der Waals surface area contributed by atoms with Gasteiger partial charge in [-0.3, -0.25) is 19.7 Å². The molecule has 1 aliphatic carbocycles. The number of carbonyl (C=O) groups excluding carboxylic acids is 2. The van der Waals surface area contributed by atoms with Gasteiger partial charge in [0, 0.05) is 29.8 Å². The number of allylic oxidation sites excluding steroid dienone is 1. The number of ketones is 2. The average Bonchev–Trinajstić information content (AvgIpc) is 3.33. The zero-order chi connectivity index (χ0) is 23.8. The summed E-state index contributed by atoms with van der Waals surface area (Å²) < 4.78 is 1.77. The number of nitrogens with zero attached hydrogens (tertiary/aromatic N) is 4. The third kappa shape index (κ3) is 3.71. The fourth-order valence-electron chi connectivity index (χ4n) is 3.76. The number of hydrogen-bond acceptors (Lipinski definition) is 7. The summed E-state index contributed by atoms with van der Waals surface area (Å²) in [4.78, 5) is 37.0. The lowest BCUT2D eigenvalue weighted by Crippen LogP contribution is -2.00. The van der Waals surface area contributed by atoms with Crippen molar-refractivity contribution < 1.29 is 14.5 Å². The molecular weight excluding hydrogens is 452 g/mol. The lowest BCUT2D eigenvalue weighted by molar-refractivity contribution is -0.387. The minimum absolute atomic E-state index is 0.00305. The number of rotatable bonds is 5. The van der Waals surface area contributed by atoms with E-state index in [0.29, 0.717) is 32.6 Å². The van der Waals surface area contributed by atoms with Gasteiger partial charge in [-0.15, -0.1) is 10.2 Å². The van der Waals surface area contributed by atoms with Crippen molar-refractivity contribution in [2.24, 2.45) is 7.05 Å². The van der Waals surface area contributed by atoms with Crippen LogP contribution in [0, 0.1) is 10.1 Å². The van der Waals surface area contributed by atoms with Gasteiger partial charge in [-0.2, -0.15) is 0 Å². The summed E-state index contributed by atoms with van der Waals surface area (Å²) in [7, 11) is 1.80. The number of benzene rings is 3. The van der Waals surface area contributed by atoms with Crippen LogP contribution in [0.3, 0.4) is 0 Å². The van der Waals surface area contributed by atoms with E-state index in [1.165, 1.54) is 12.1 Å². The molecule has 8 nitrogen and oxygen atoms in total. The van der Waals surface area contributed by atoms with Crippen LogP contribution in [-0.2, 0) is 7.05 Å². The van der Waals surface area contributed by atoms with E-state index < -0.39 is 4.92 Å². The van der Waals surface area contributed by atoms with E-state index in [1.807, 2.05) is 30.3 Å². The van der Waals surface area contributed by atoms with Crippen LogP contribution < -0.4 is 0 Å². The Morgan fingerprint density at radius 1 is 0.912 bits per heavy atom. The quantitative estimate of drug-likeness (QED) is 0.175. The van der Waals surface area contributed by atoms with Gasteiger partial charge in [0.2, 0.25) is 0 Å². The van der Waals surface area contributed by atoms with E-state index in [2.05, 4.69) is 10.2 Å². The third-order valence-corrected chi connectivity index (χ3v) is 6.57. The van der Waals surface area contributed by atoms with E-state index in [4.69, 9.17) is 0 Å². The molecule has 0 spiro atoms. The molecule has 34 heavy (non-hydrogen) atoms. The molecule has 0 N–H and O–H groups in total. The molecule has 1 heterocycles. The van der Waals surface area contributed by atoms with Crippen LogP contribution in [0.5, 0.6) is 0 Å². The molecular formula is C25H16N4O4S. The number of hydrogen-bond donors (Lipinski definition) is 0. The van der Waals surface area contributed by atoms with Gasteiger partial charge in [-0.05, 0) is 29.5 Å². The molecule has 0 saturated carbocycles. The molecule has 0 unspecified atom stereocenters. The molecule has 0 amide bonds. The van der Waals surface area contributed by atoms with Gasteiger partial charge in [0.15, 0.2) is 22.5 Å². The van der Waals surface area contributed by atoms with E-state index in [-0.39, 0.29) is 22.8 Å². The number of nitro benzene ring substituents is 1. The van der Waals surface area contributed by atoms with Crippen molar-refractivity contribution in [1.82, 2.24) is 14.8 Å². The molecule has 0 aliphatic heterocycles. The van der Waals surface area contributed by atoms with Crippen molar-refractivity contribution in [2.75, 3.05) is 0 Å². The smallest absolute Gasteiger partial charge is 0.283 e. The fraction of sp³-hybridized carbons (Fsp3) is 0.0400. The van der Waals surface area contributed by atoms with Crippen LogP contribution in [0.25, 0.3) is 17.5 Å². The molecule has 0 atom stereocenters. The summed E-state index contributed by atoms with van der Waals surface area (Å²) in [5.41, 5.74) is 1.81. The first-order valence-electron chi connectivity index (χ1n) is 10.3. The van der Waals surface area contributed by atoms with Gasteiger partial charge in [0.25, 0.3) is 5.69 Å². The zero-order valence-corrected chi connectivity index (χ0v) is 18.7. The highest BCUT2D eigenvalue weighted by Gasteiger charge is 2.32. The van der Waals surface area contributed by atoms with E-state index in [9.17, 15) is 19.7 Å². The highest BCUT2D eigenvalue weighted by atomic mass is 32.2. The van der Waals surface area contributed by atoms with Crippen molar-refractivity contribution in [2.45, 2.75) is 10.1 Å². The van der Waals surface area contributed by atoms with Crippen LogP contribution in [0.4, 0.5) is 5.69 Å². The molecule has 5 rings (SSSR count). The summed E-state index contributed by atoms with van der Waals surface area (Å²) in [5.74, 6) is -0.117. The molecule has 166 valence electrons. The Hall–Kier alpha value is -4.37. The topological polar surface area (TPSA) is 108 Å². The predicted octanol–water partition coefficient (Wildman–Crippen LogP) is 5.00. The van der Waals surface area contributed by atoms with E-state index in [1.54, 1.807) is 48.0 Å². The predicted molar refractivity (Wildman–Crippen MR) is 127 cm³/mol. The molecule has 0 bridgehead atoms. The second kappa shape index (κ2) is 8.53. The van der Waals surface area contributed by atoms with Crippen molar-refractivity contribution >= 4 is 35.1 Å². The summed E-state index contributed by atoms with van der Waals surface area (Å²) in [6.07, 6.45) is 1.40. The number of nitro groups is 1. The average molecular weight is 468 g/mol. The molecule has 1 aromatic heterocycles. The largest absolute Gasteiger partial charge is 0.305 e. The molecule has 3 aromatic carbocycles. The third-order valence-electron chi connectivity index (χ3n) is 5.46. The minimum Gasteiger partial charge on any atom is -0.305 e. The van der Waals surface area contributed by atoms with Gasteiger partial charge in [0.1, 0.15) is 0 Å². The van der Waals surface area contributed by atoms with Gasteiger partial charge >= 0.3 is 0 Å². The summed E-state index contributed by atoms with van der Waals surface area (Å²) in [6.45, 7) is 0. The van der Waals surface area contributed by atoms with Crippen molar-refractivity contribution in [3.05, 3.63) is 105 Å². The van der Waals surface area contributed by atoms with E-state index in [0.717, 1.165) is 17.3 Å². The monoisotopic (exact) mass is 468 g/mol. The molecule has 0 radical (unpaired) electrons. The maximum absolute atomic E-state index is 12.7. The van der Waals surface area contributed by atoms with Gasteiger partial charge in [-0.1, -0.05) is 60.7 Å². The Morgan fingerprint density at radius 2 is 1.56 bits per heavy atom. The lowest BCUT2D eigenvalue weighted by atomic mass is 10.1. The van der Waals surface area contributed by atoms with Gasteiger partial charge in [-0.25, -0.2) is 0 Å². The molecule has 4 aromatic rings. The Kier molecular flexibility index (Phi) is 5.39. The SMILES string of the molecule is Cn1c(Sc2ccc(C=C3C(=O)c4ccccc4C3=O)cc2[N+](=O)[O-])nnc1-c1ccccc1. The van der Waals surface area contributed by atoms with E-state index >= 15 is 0 Å². The first-order valence-corrected chi connectivity index (χ1v) is 11.1. The molecule has 9 heteroatoms. The van der Waals surface area contributed by atoms with Gasteiger partial charge < -0.3 is 4.57 Å². The fourth-order valence-corrected chi connectivity index (χ4v) is 4.64. The molecule has 0 saturated heterocycles. The van der Waals surface area contributed by atoms with Crippen LogP contribution >= 0.6 is 11.8 Å².